The number of hydrogen-bond donors (Lipinski definition) is 5. The first-order valence-electron chi connectivity index (χ1n) is 3.41. The number of nitrogens with two attached hydrogens (primary N) is 2. The van der Waals surface area contributed by atoms with Crippen LogP contribution in [0.5, 0.6) is 0 Å². The van der Waals surface area contributed by atoms with Crippen LogP contribution >= 0.6 is 12.4 Å². The van der Waals surface area contributed by atoms with E-state index in [0.29, 0.717) is 0 Å². The summed E-state index contributed by atoms with van der Waals surface area (Å²) in [5.74, 6) is 0. The fourth-order valence-electron chi connectivity index (χ4n) is 0.150. The number of aliphatic hydroxyl groups is 3. The van der Waals surface area contributed by atoms with Crippen LogP contribution < -0.4 is 11.5 Å². The molecule has 7 N–H and O–H groups in total. The maximum absolute atomic E-state index is 8.34. The maximum Gasteiger partial charge on any atom is 0.0856 e. The fourth-order valence-corrected chi connectivity index (χ4v) is 0.150. The molecule has 0 atom stereocenters. The first kappa shape index (κ1) is 18.0. The molecule has 0 radical (unpaired) electrons. The molecule has 0 amide bonds. The van der Waals surface area contributed by atoms with E-state index in [1.54, 1.807) is 0 Å². The zero-order valence-electron chi connectivity index (χ0n) is 7.23. The molecule has 5 nitrogen and oxygen atoms in total. The topological polar surface area (TPSA) is 113 Å². The Labute approximate surface area is 78.8 Å². The maximum atomic E-state index is 8.34. The zero-order valence-corrected chi connectivity index (χ0v) is 8.05. The molecule has 0 heterocycles. The Morgan fingerprint density at radius 1 is 1.08 bits per heavy atom. The van der Waals surface area contributed by atoms with E-state index in [1.807, 2.05) is 6.92 Å². The van der Waals surface area contributed by atoms with E-state index in [1.165, 1.54) is 0 Å². The molecule has 0 aromatic rings. The van der Waals surface area contributed by atoms with E-state index in [-0.39, 0.29) is 12.4 Å². The van der Waals surface area contributed by atoms with Crippen molar-refractivity contribution in [2.24, 2.45) is 11.5 Å². The van der Waals surface area contributed by atoms with Crippen LogP contribution in [0.4, 0.5) is 0 Å². The summed E-state index contributed by atoms with van der Waals surface area (Å²) < 4.78 is 0. The molecule has 0 aromatic carbocycles. The van der Waals surface area contributed by atoms with Crippen LogP contribution in [0, 0.1) is 0 Å². The smallest absolute Gasteiger partial charge is 0.0856 e. The van der Waals surface area contributed by atoms with E-state index in [0.717, 1.165) is 6.54 Å². The minimum Gasteiger partial charge on any atom is -0.394 e. The third-order valence-electron chi connectivity index (χ3n) is 0.945. The van der Waals surface area contributed by atoms with Gasteiger partial charge in [0, 0.05) is 0 Å². The summed E-state index contributed by atoms with van der Waals surface area (Å²) in [6.45, 7) is 1.44. The average Bonchev–Trinajstić information content (AvgIpc) is 2.05. The lowest BCUT2D eigenvalue weighted by molar-refractivity contribution is 0.0698. The van der Waals surface area contributed by atoms with Crippen molar-refractivity contribution < 1.29 is 15.3 Å². The summed E-state index contributed by atoms with van der Waals surface area (Å²) in [6, 6.07) is 0. The molecule has 0 fully saturated rings. The molecule has 78 valence electrons. The fraction of sp³-hybridized carbons (Fsp3) is 1.00. The van der Waals surface area contributed by atoms with Gasteiger partial charge in [-0.15, -0.1) is 12.4 Å². The second-order valence-corrected chi connectivity index (χ2v) is 2.24. The van der Waals surface area contributed by atoms with Crippen LogP contribution in [0.2, 0.25) is 0 Å². The van der Waals surface area contributed by atoms with Crippen molar-refractivity contribution in [2.45, 2.75) is 12.5 Å². The minimum absolute atomic E-state index is 0. The Kier molecular flexibility index (Phi) is 16.6. The van der Waals surface area contributed by atoms with Gasteiger partial charge in [-0.1, -0.05) is 6.92 Å². The van der Waals surface area contributed by atoms with Crippen molar-refractivity contribution in [3.63, 3.8) is 0 Å². The van der Waals surface area contributed by atoms with Gasteiger partial charge in [-0.05, 0) is 6.54 Å². The number of halogens is 1. The van der Waals surface area contributed by atoms with Gasteiger partial charge in [0.1, 0.15) is 0 Å². The second kappa shape index (κ2) is 11.1. The lowest BCUT2D eigenvalue weighted by Gasteiger charge is -2.20. The van der Waals surface area contributed by atoms with Crippen LogP contribution in [0.25, 0.3) is 0 Å². The van der Waals surface area contributed by atoms with Crippen molar-refractivity contribution in [1.29, 1.82) is 0 Å². The molecule has 0 aromatic heterocycles. The number of aliphatic hydroxyl groups excluding tert-OH is 3. The van der Waals surface area contributed by atoms with Gasteiger partial charge < -0.3 is 26.8 Å². The van der Waals surface area contributed by atoms with Crippen LogP contribution in [-0.2, 0) is 0 Å². The summed E-state index contributed by atoms with van der Waals surface area (Å²) in [6.07, 6.45) is 0. The van der Waals surface area contributed by atoms with Crippen molar-refractivity contribution >= 4 is 12.4 Å². The molecule has 0 aliphatic heterocycles. The van der Waals surface area contributed by atoms with E-state index in [4.69, 9.17) is 26.8 Å². The molecule has 0 saturated heterocycles. The molecule has 0 aliphatic rings. The summed E-state index contributed by atoms with van der Waals surface area (Å²) in [4.78, 5) is 0. The summed E-state index contributed by atoms with van der Waals surface area (Å²) in [5.41, 5.74) is 8.78. The van der Waals surface area contributed by atoms with Gasteiger partial charge >= 0.3 is 0 Å². The minimum atomic E-state index is -1.21. The summed E-state index contributed by atoms with van der Waals surface area (Å²) >= 11 is 0. The largest absolute Gasteiger partial charge is 0.394 e. The molecule has 0 spiro atoms. The average molecular weight is 203 g/mol. The quantitative estimate of drug-likeness (QED) is 0.365. The third kappa shape index (κ3) is 10.1. The lowest BCUT2D eigenvalue weighted by Crippen LogP contribution is -2.50. The van der Waals surface area contributed by atoms with E-state index >= 15 is 0 Å². The van der Waals surface area contributed by atoms with E-state index < -0.39 is 25.4 Å². The highest BCUT2D eigenvalue weighted by Gasteiger charge is 2.20. The predicted molar refractivity (Wildman–Crippen MR) is 50.2 cm³/mol. The van der Waals surface area contributed by atoms with Gasteiger partial charge in [-0.25, -0.2) is 0 Å². The molecule has 6 heteroatoms. The van der Waals surface area contributed by atoms with Crippen LogP contribution in [0.15, 0.2) is 0 Å². The Morgan fingerprint density at radius 2 is 1.25 bits per heavy atom. The second-order valence-electron chi connectivity index (χ2n) is 2.24. The SMILES string of the molecule is CCN.Cl.NC(CO)(CO)CO. The molecule has 12 heavy (non-hydrogen) atoms. The number of hydrogen-bond acceptors (Lipinski definition) is 5. The molecule has 0 saturated carbocycles. The molecule has 0 unspecified atom stereocenters. The first-order chi connectivity index (χ1) is 5.10. The van der Waals surface area contributed by atoms with Gasteiger partial charge in [0.15, 0.2) is 0 Å². The highest BCUT2D eigenvalue weighted by atomic mass is 35.5. The summed E-state index contributed by atoms with van der Waals surface area (Å²) in [7, 11) is 0. The van der Waals surface area contributed by atoms with Crippen molar-refractivity contribution in [2.75, 3.05) is 26.4 Å². The normalized spacial score (nSPS) is 9.50. The van der Waals surface area contributed by atoms with Crippen LogP contribution in [-0.4, -0.2) is 47.2 Å². The molecular weight excluding hydrogens is 184 g/mol. The molecule has 0 rings (SSSR count). The zero-order chi connectivity index (χ0) is 9.33. The van der Waals surface area contributed by atoms with Crippen molar-refractivity contribution in [1.82, 2.24) is 0 Å². The monoisotopic (exact) mass is 202 g/mol. The van der Waals surface area contributed by atoms with Crippen molar-refractivity contribution in [3.8, 4) is 0 Å². The highest BCUT2D eigenvalue weighted by molar-refractivity contribution is 5.85. The summed E-state index contributed by atoms with van der Waals surface area (Å²) in [5, 5.41) is 25.0. The Balaban J connectivity index is -0.000000177. The molecule has 0 aliphatic carbocycles. The lowest BCUT2D eigenvalue weighted by atomic mass is 10.1. The molecule has 0 bridgehead atoms. The highest BCUT2D eigenvalue weighted by Crippen LogP contribution is 1.93. The Bertz CT molecular complexity index is 72.9. The first-order valence-corrected chi connectivity index (χ1v) is 3.41. The van der Waals surface area contributed by atoms with Gasteiger partial charge in [-0.2, -0.15) is 0 Å². The van der Waals surface area contributed by atoms with Gasteiger partial charge in [-0.3, -0.25) is 0 Å². The van der Waals surface area contributed by atoms with Crippen LogP contribution in [0.3, 0.4) is 0 Å². The Hall–Kier alpha value is 0.0900. The Morgan fingerprint density at radius 3 is 1.25 bits per heavy atom. The number of rotatable bonds is 3. The molecular formula is C6H19ClN2O3. The van der Waals surface area contributed by atoms with Crippen LogP contribution in [0.1, 0.15) is 6.92 Å². The van der Waals surface area contributed by atoms with E-state index in [9.17, 15) is 0 Å². The predicted octanol–water partition coefficient (Wildman–Crippen LogP) is -1.95. The van der Waals surface area contributed by atoms with Gasteiger partial charge in [0.25, 0.3) is 0 Å². The van der Waals surface area contributed by atoms with Gasteiger partial charge in [0.05, 0.1) is 25.4 Å². The van der Waals surface area contributed by atoms with Crippen molar-refractivity contribution in [3.05, 3.63) is 0 Å². The third-order valence-corrected chi connectivity index (χ3v) is 0.945. The van der Waals surface area contributed by atoms with E-state index in [2.05, 4.69) is 0 Å². The van der Waals surface area contributed by atoms with Gasteiger partial charge in [0.2, 0.25) is 0 Å². The standard InChI is InChI=1S/C4H11NO3.C2H7N.ClH/c5-4(1-6,2-7)3-8;1-2-3;/h6-8H,1-3,5H2;2-3H2,1H3;1H.